The molecule has 100 valence electrons. The summed E-state index contributed by atoms with van der Waals surface area (Å²) < 4.78 is 0. The van der Waals surface area contributed by atoms with E-state index >= 15 is 0 Å². The van der Waals surface area contributed by atoms with Gasteiger partial charge in [-0.1, -0.05) is 48.9 Å². The zero-order valence-corrected chi connectivity index (χ0v) is 12.0. The quantitative estimate of drug-likeness (QED) is 0.593. The van der Waals surface area contributed by atoms with E-state index in [0.29, 0.717) is 15.7 Å². The molecule has 2 rings (SSSR count). The predicted molar refractivity (Wildman–Crippen MR) is 80.6 cm³/mol. The summed E-state index contributed by atoms with van der Waals surface area (Å²) in [4.78, 5) is 0. The first-order chi connectivity index (χ1) is 8.66. The van der Waals surface area contributed by atoms with Crippen LogP contribution < -0.4 is 11.1 Å². The minimum atomic E-state index is 0.505. The van der Waals surface area contributed by atoms with Gasteiger partial charge in [0.2, 0.25) is 0 Å². The summed E-state index contributed by atoms with van der Waals surface area (Å²) in [6.07, 6.45) is 8.15. The van der Waals surface area contributed by atoms with Crippen LogP contribution >= 0.6 is 23.2 Å². The van der Waals surface area contributed by atoms with Crippen molar-refractivity contribution >= 4 is 34.6 Å². The molecule has 1 aromatic carbocycles. The molecule has 1 aromatic rings. The first kappa shape index (κ1) is 13.8. The van der Waals surface area contributed by atoms with Crippen molar-refractivity contribution in [1.82, 2.24) is 0 Å². The van der Waals surface area contributed by atoms with E-state index in [2.05, 4.69) is 5.32 Å². The first-order valence-corrected chi connectivity index (χ1v) is 7.41. The molecule has 1 fully saturated rings. The second-order valence-electron chi connectivity index (χ2n) is 5.07. The average Bonchev–Trinajstić information content (AvgIpc) is 2.84. The lowest BCUT2D eigenvalue weighted by Gasteiger charge is -2.12. The fraction of sp³-hybridized carbons (Fsp3) is 0.571. The van der Waals surface area contributed by atoms with Crippen molar-refractivity contribution in [3.8, 4) is 0 Å². The van der Waals surface area contributed by atoms with Crippen LogP contribution in [0.4, 0.5) is 11.4 Å². The lowest BCUT2D eigenvalue weighted by molar-refractivity contribution is 0.491. The second kappa shape index (κ2) is 6.53. The largest absolute Gasteiger partial charge is 0.397 e. The third-order valence-corrected chi connectivity index (χ3v) is 4.39. The van der Waals surface area contributed by atoms with Gasteiger partial charge in [0.25, 0.3) is 0 Å². The fourth-order valence-corrected chi connectivity index (χ4v) is 2.96. The minimum Gasteiger partial charge on any atom is -0.397 e. The van der Waals surface area contributed by atoms with Gasteiger partial charge in [-0.3, -0.25) is 0 Å². The van der Waals surface area contributed by atoms with Crippen LogP contribution in [0.2, 0.25) is 10.0 Å². The SMILES string of the molecule is Nc1cc(Cl)c(Cl)cc1NCCCC1CCCC1. The van der Waals surface area contributed by atoms with Gasteiger partial charge in [-0.25, -0.2) is 0 Å². The van der Waals surface area contributed by atoms with Gasteiger partial charge < -0.3 is 11.1 Å². The molecule has 2 nitrogen and oxygen atoms in total. The highest BCUT2D eigenvalue weighted by Gasteiger charge is 2.14. The number of nitrogen functional groups attached to an aromatic ring is 1. The van der Waals surface area contributed by atoms with E-state index in [1.54, 1.807) is 12.1 Å². The standard InChI is InChI=1S/C14H20Cl2N2/c15-11-8-13(17)14(9-12(11)16)18-7-3-6-10-4-1-2-5-10/h8-10,18H,1-7,17H2. The summed E-state index contributed by atoms with van der Waals surface area (Å²) in [7, 11) is 0. The van der Waals surface area contributed by atoms with Gasteiger partial charge in [0.05, 0.1) is 21.4 Å². The van der Waals surface area contributed by atoms with Gasteiger partial charge in [0, 0.05) is 6.54 Å². The molecule has 1 aliphatic carbocycles. The summed E-state index contributed by atoms with van der Waals surface area (Å²) in [5.41, 5.74) is 7.43. The molecule has 0 spiro atoms. The van der Waals surface area contributed by atoms with Crippen LogP contribution in [0.25, 0.3) is 0 Å². The van der Waals surface area contributed by atoms with E-state index in [-0.39, 0.29) is 0 Å². The number of hydrogen-bond acceptors (Lipinski definition) is 2. The maximum Gasteiger partial charge on any atom is 0.0614 e. The second-order valence-corrected chi connectivity index (χ2v) is 5.89. The molecule has 1 aliphatic rings. The van der Waals surface area contributed by atoms with Crippen LogP contribution in [0.5, 0.6) is 0 Å². The highest BCUT2D eigenvalue weighted by Crippen LogP contribution is 2.31. The van der Waals surface area contributed by atoms with Crippen molar-refractivity contribution in [3.63, 3.8) is 0 Å². The number of anilines is 2. The third-order valence-electron chi connectivity index (χ3n) is 3.67. The Balaban J connectivity index is 1.77. The number of nitrogens with two attached hydrogens (primary N) is 1. The number of halogens is 2. The maximum atomic E-state index is 5.97. The predicted octanol–water partition coefficient (Wildman–Crippen LogP) is 4.96. The van der Waals surface area contributed by atoms with Crippen LogP contribution in [0, 0.1) is 5.92 Å². The van der Waals surface area contributed by atoms with Crippen LogP contribution in [0.3, 0.4) is 0 Å². The molecule has 1 saturated carbocycles. The van der Waals surface area contributed by atoms with E-state index in [1.807, 2.05) is 0 Å². The number of rotatable bonds is 5. The Bertz CT molecular complexity index is 401. The lowest BCUT2D eigenvalue weighted by Crippen LogP contribution is -2.06. The fourth-order valence-electron chi connectivity index (χ4n) is 2.63. The smallest absolute Gasteiger partial charge is 0.0614 e. The van der Waals surface area contributed by atoms with Crippen molar-refractivity contribution in [2.24, 2.45) is 5.92 Å². The monoisotopic (exact) mass is 286 g/mol. The molecule has 3 N–H and O–H groups in total. The van der Waals surface area contributed by atoms with Crippen molar-refractivity contribution in [1.29, 1.82) is 0 Å². The lowest BCUT2D eigenvalue weighted by atomic mass is 10.0. The summed E-state index contributed by atoms with van der Waals surface area (Å²) in [6, 6.07) is 3.50. The maximum absolute atomic E-state index is 5.97. The Labute approximate surface area is 119 Å². The van der Waals surface area contributed by atoms with Crippen molar-refractivity contribution in [2.45, 2.75) is 38.5 Å². The molecule has 0 amide bonds. The highest BCUT2D eigenvalue weighted by molar-refractivity contribution is 6.42. The molecule has 0 unspecified atom stereocenters. The molecule has 0 saturated heterocycles. The third kappa shape index (κ3) is 3.69. The van der Waals surface area contributed by atoms with Crippen molar-refractivity contribution < 1.29 is 0 Å². The summed E-state index contributed by atoms with van der Waals surface area (Å²) in [6.45, 7) is 0.943. The van der Waals surface area contributed by atoms with Crippen LogP contribution in [0.1, 0.15) is 38.5 Å². The highest BCUT2D eigenvalue weighted by atomic mass is 35.5. The normalized spacial score (nSPS) is 16.1. The van der Waals surface area contributed by atoms with Gasteiger partial charge >= 0.3 is 0 Å². The number of hydrogen-bond donors (Lipinski definition) is 2. The molecule has 0 bridgehead atoms. The summed E-state index contributed by atoms with van der Waals surface area (Å²) >= 11 is 11.9. The number of nitrogens with one attached hydrogen (secondary N) is 1. The number of benzene rings is 1. The summed E-state index contributed by atoms with van der Waals surface area (Å²) in [5.74, 6) is 0.943. The molecular weight excluding hydrogens is 267 g/mol. The summed E-state index contributed by atoms with van der Waals surface area (Å²) in [5, 5.41) is 4.39. The topological polar surface area (TPSA) is 38.0 Å². The van der Waals surface area contributed by atoms with E-state index in [9.17, 15) is 0 Å². The van der Waals surface area contributed by atoms with Gasteiger partial charge in [-0.2, -0.15) is 0 Å². The van der Waals surface area contributed by atoms with Crippen LogP contribution in [-0.2, 0) is 0 Å². The Morgan fingerprint density at radius 1 is 1.17 bits per heavy atom. The Morgan fingerprint density at radius 3 is 2.56 bits per heavy atom. The molecule has 0 heterocycles. The Hall–Kier alpha value is -0.600. The van der Waals surface area contributed by atoms with E-state index in [1.165, 1.54) is 38.5 Å². The molecule has 18 heavy (non-hydrogen) atoms. The molecule has 0 atom stereocenters. The van der Waals surface area contributed by atoms with Gasteiger partial charge in [0.1, 0.15) is 0 Å². The van der Waals surface area contributed by atoms with Gasteiger partial charge in [0.15, 0.2) is 0 Å². The minimum absolute atomic E-state index is 0.505. The van der Waals surface area contributed by atoms with Gasteiger partial charge in [-0.05, 0) is 30.9 Å². The van der Waals surface area contributed by atoms with E-state index in [4.69, 9.17) is 28.9 Å². The zero-order chi connectivity index (χ0) is 13.0. The zero-order valence-electron chi connectivity index (χ0n) is 10.5. The molecule has 0 radical (unpaired) electrons. The van der Waals surface area contributed by atoms with E-state index < -0.39 is 0 Å². The Kier molecular flexibility index (Phi) is 5.02. The molecule has 4 heteroatoms. The first-order valence-electron chi connectivity index (χ1n) is 6.65. The van der Waals surface area contributed by atoms with E-state index in [0.717, 1.165) is 18.2 Å². The van der Waals surface area contributed by atoms with Crippen molar-refractivity contribution in [3.05, 3.63) is 22.2 Å². The van der Waals surface area contributed by atoms with Crippen LogP contribution in [0.15, 0.2) is 12.1 Å². The Morgan fingerprint density at radius 2 is 1.83 bits per heavy atom. The van der Waals surface area contributed by atoms with Crippen LogP contribution in [-0.4, -0.2) is 6.54 Å². The van der Waals surface area contributed by atoms with Crippen molar-refractivity contribution in [2.75, 3.05) is 17.6 Å². The molecular formula is C14H20Cl2N2. The molecule has 0 aromatic heterocycles. The molecule has 0 aliphatic heterocycles. The average molecular weight is 287 g/mol. The van der Waals surface area contributed by atoms with Gasteiger partial charge in [-0.15, -0.1) is 0 Å².